The van der Waals surface area contributed by atoms with Crippen molar-refractivity contribution in [2.24, 2.45) is 0 Å². The molecule has 1 aliphatic carbocycles. The summed E-state index contributed by atoms with van der Waals surface area (Å²) in [5, 5.41) is 23.1. The molecule has 1 saturated carbocycles. The molecule has 0 radical (unpaired) electrons. The van der Waals surface area contributed by atoms with Gasteiger partial charge >= 0.3 is 6.03 Å². The van der Waals surface area contributed by atoms with E-state index < -0.39 is 23.2 Å². The van der Waals surface area contributed by atoms with Crippen molar-refractivity contribution < 1.29 is 19.4 Å². The number of fused-ring (bicyclic) bond motifs is 1. The van der Waals surface area contributed by atoms with Gasteiger partial charge in [-0.25, -0.2) is 14.5 Å². The maximum absolute atomic E-state index is 13.6. The third kappa shape index (κ3) is 6.14. The minimum Gasteiger partial charge on any atom is -0.474 e. The van der Waals surface area contributed by atoms with Crippen LogP contribution >= 0.6 is 0 Å². The van der Waals surface area contributed by atoms with Crippen LogP contribution in [0.1, 0.15) is 47.6 Å². The average Bonchev–Trinajstić information content (AvgIpc) is 3.49. The third-order valence-electron chi connectivity index (χ3n) is 9.36. The quantitative estimate of drug-likeness (QED) is 0.0963. The summed E-state index contributed by atoms with van der Waals surface area (Å²) in [5.41, 5.74) is 2.57. The lowest BCUT2D eigenvalue weighted by Crippen LogP contribution is -2.51. The standard InChI is InChI=1S/C40H39N5O4/c1-48-25-26-49-37-33-28-41-35(42-38(46)43-36(39(47)23-14-24-39)29-15-6-2-7-16-29)27-34(33)45(44-37)40(30-17-8-3-9-18-30,31-19-10-4-11-20-31)32-21-12-5-13-22-32/h2-13,15-22,27-28,36,47H,14,23-26H2,1H3,(H2,41,42,43,46). The van der Waals surface area contributed by atoms with E-state index in [2.05, 4.69) is 52.0 Å². The molecule has 7 rings (SSSR count). The molecule has 6 aromatic rings. The third-order valence-corrected chi connectivity index (χ3v) is 9.36. The number of rotatable bonds is 12. The van der Waals surface area contributed by atoms with Gasteiger partial charge in [-0.3, -0.25) is 5.32 Å². The van der Waals surface area contributed by atoms with Crippen LogP contribution < -0.4 is 15.4 Å². The van der Waals surface area contributed by atoms with Gasteiger partial charge in [0.1, 0.15) is 18.0 Å². The van der Waals surface area contributed by atoms with E-state index in [1.165, 1.54) is 0 Å². The van der Waals surface area contributed by atoms with Crippen molar-refractivity contribution in [3.63, 3.8) is 0 Å². The fourth-order valence-electron chi connectivity index (χ4n) is 6.83. The molecule has 248 valence electrons. The van der Waals surface area contributed by atoms with Crippen molar-refractivity contribution in [3.05, 3.63) is 156 Å². The minimum absolute atomic E-state index is 0.295. The van der Waals surface area contributed by atoms with Crippen molar-refractivity contribution in [3.8, 4) is 5.88 Å². The highest BCUT2D eigenvalue weighted by atomic mass is 16.5. The number of benzene rings is 4. The van der Waals surface area contributed by atoms with Crippen LogP contribution in [-0.2, 0) is 10.3 Å². The first-order chi connectivity index (χ1) is 24.0. The molecule has 4 aromatic carbocycles. The number of pyridine rings is 1. The second-order valence-corrected chi connectivity index (χ2v) is 12.4. The lowest BCUT2D eigenvalue weighted by molar-refractivity contribution is -0.0627. The Labute approximate surface area is 285 Å². The Morgan fingerprint density at radius 2 is 1.41 bits per heavy atom. The Bertz CT molecular complexity index is 1900. The van der Waals surface area contributed by atoms with Crippen LogP contribution in [0.5, 0.6) is 5.88 Å². The molecule has 0 aliphatic heterocycles. The zero-order chi connectivity index (χ0) is 33.7. The largest absolute Gasteiger partial charge is 0.474 e. The first-order valence-corrected chi connectivity index (χ1v) is 16.6. The number of amides is 2. The van der Waals surface area contributed by atoms with Crippen molar-refractivity contribution >= 4 is 22.8 Å². The highest BCUT2D eigenvalue weighted by molar-refractivity contribution is 5.93. The molecule has 49 heavy (non-hydrogen) atoms. The molecule has 0 spiro atoms. The van der Waals surface area contributed by atoms with Gasteiger partial charge in [0.25, 0.3) is 0 Å². The van der Waals surface area contributed by atoms with Crippen molar-refractivity contribution in [2.75, 3.05) is 25.6 Å². The Morgan fingerprint density at radius 3 is 1.92 bits per heavy atom. The fourth-order valence-corrected chi connectivity index (χ4v) is 6.83. The first kappa shape index (κ1) is 32.1. The fraction of sp³-hybridized carbons (Fsp3) is 0.225. The summed E-state index contributed by atoms with van der Waals surface area (Å²) in [7, 11) is 1.63. The monoisotopic (exact) mass is 653 g/mol. The summed E-state index contributed by atoms with van der Waals surface area (Å²) in [5.74, 6) is 0.726. The molecule has 0 bridgehead atoms. The van der Waals surface area contributed by atoms with Crippen LogP contribution in [0.4, 0.5) is 10.6 Å². The second kappa shape index (κ2) is 13.9. The van der Waals surface area contributed by atoms with Gasteiger partial charge in [0.15, 0.2) is 0 Å². The first-order valence-electron chi connectivity index (χ1n) is 16.6. The molecular weight excluding hydrogens is 614 g/mol. The maximum Gasteiger partial charge on any atom is 0.320 e. The van der Waals surface area contributed by atoms with E-state index in [4.69, 9.17) is 14.6 Å². The number of nitrogens with zero attached hydrogens (tertiary/aromatic N) is 3. The van der Waals surface area contributed by atoms with E-state index in [1.807, 2.05) is 95.7 Å². The zero-order valence-corrected chi connectivity index (χ0v) is 27.3. The Hall–Kier alpha value is -5.51. The van der Waals surface area contributed by atoms with Crippen LogP contribution in [0.15, 0.2) is 134 Å². The number of carbonyl (C=O) groups excluding carboxylic acids is 1. The molecule has 1 fully saturated rings. The molecule has 3 N–H and O–H groups in total. The second-order valence-electron chi connectivity index (χ2n) is 12.4. The summed E-state index contributed by atoms with van der Waals surface area (Å²) in [4.78, 5) is 18.2. The predicted molar refractivity (Wildman–Crippen MR) is 190 cm³/mol. The molecule has 1 unspecified atom stereocenters. The molecule has 1 aliphatic rings. The van der Waals surface area contributed by atoms with Crippen LogP contribution in [0.3, 0.4) is 0 Å². The molecule has 2 aromatic heterocycles. The highest BCUT2D eigenvalue weighted by Crippen LogP contribution is 2.44. The van der Waals surface area contributed by atoms with Crippen LogP contribution in [0, 0.1) is 0 Å². The zero-order valence-electron chi connectivity index (χ0n) is 27.3. The molecule has 2 amide bonds. The number of urea groups is 1. The van der Waals surface area contributed by atoms with Gasteiger partial charge in [0.05, 0.1) is 29.2 Å². The summed E-state index contributed by atoms with van der Waals surface area (Å²) >= 11 is 0. The van der Waals surface area contributed by atoms with Gasteiger partial charge in [-0.1, -0.05) is 121 Å². The molecule has 1 atom stereocenters. The van der Waals surface area contributed by atoms with Gasteiger partial charge in [-0.2, -0.15) is 0 Å². The summed E-state index contributed by atoms with van der Waals surface area (Å²) in [6, 6.07) is 41.1. The van der Waals surface area contributed by atoms with E-state index in [0.717, 1.165) is 28.7 Å². The number of nitrogens with one attached hydrogen (secondary N) is 2. The van der Waals surface area contributed by atoms with Gasteiger partial charge in [0.2, 0.25) is 5.88 Å². The van der Waals surface area contributed by atoms with Crippen molar-refractivity contribution in [2.45, 2.75) is 36.4 Å². The topological polar surface area (TPSA) is 111 Å². The lowest BCUT2D eigenvalue weighted by atomic mass is 9.72. The number of aliphatic hydroxyl groups is 1. The lowest BCUT2D eigenvalue weighted by Gasteiger charge is -2.43. The van der Waals surface area contributed by atoms with Crippen LogP contribution in [-0.4, -0.2) is 51.8 Å². The average molecular weight is 654 g/mol. The maximum atomic E-state index is 13.6. The molecule has 0 saturated heterocycles. The summed E-state index contributed by atoms with van der Waals surface area (Å²) in [6.07, 6.45) is 3.81. The summed E-state index contributed by atoms with van der Waals surface area (Å²) < 4.78 is 13.4. The SMILES string of the molecule is COCCOc1nn(C(c2ccccc2)(c2ccccc2)c2ccccc2)c2cc(NC(=O)NC(c3ccccc3)C3(O)CCC3)ncc12. The van der Waals surface area contributed by atoms with Crippen LogP contribution in [0.25, 0.3) is 10.9 Å². The van der Waals surface area contributed by atoms with E-state index in [-0.39, 0.29) is 0 Å². The van der Waals surface area contributed by atoms with Crippen LogP contribution in [0.2, 0.25) is 0 Å². The van der Waals surface area contributed by atoms with Crippen molar-refractivity contribution in [1.82, 2.24) is 20.1 Å². The number of carbonyl (C=O) groups is 1. The summed E-state index contributed by atoms with van der Waals surface area (Å²) in [6.45, 7) is 0.682. The smallest absolute Gasteiger partial charge is 0.320 e. The number of hydrogen-bond acceptors (Lipinski definition) is 6. The Morgan fingerprint density at radius 1 is 0.857 bits per heavy atom. The number of ether oxygens (including phenoxy) is 2. The Balaban J connectivity index is 1.36. The normalized spacial score (nSPS) is 14.5. The Kier molecular flexibility index (Phi) is 9.11. The van der Waals surface area contributed by atoms with Gasteiger partial charge in [-0.05, 0) is 41.5 Å². The number of methoxy groups -OCH3 is 1. The highest BCUT2D eigenvalue weighted by Gasteiger charge is 2.44. The predicted octanol–water partition coefficient (Wildman–Crippen LogP) is 7.07. The number of aromatic nitrogens is 3. The van der Waals surface area contributed by atoms with E-state index >= 15 is 0 Å². The van der Waals surface area contributed by atoms with Crippen molar-refractivity contribution in [1.29, 1.82) is 0 Å². The molecule has 9 heteroatoms. The molecule has 2 heterocycles. The van der Waals surface area contributed by atoms with Gasteiger partial charge in [0, 0.05) is 19.4 Å². The van der Waals surface area contributed by atoms with E-state index in [9.17, 15) is 9.90 Å². The van der Waals surface area contributed by atoms with Gasteiger partial charge < -0.3 is 19.9 Å². The van der Waals surface area contributed by atoms with E-state index in [0.29, 0.717) is 48.7 Å². The number of anilines is 1. The van der Waals surface area contributed by atoms with E-state index in [1.54, 1.807) is 13.3 Å². The molecular formula is C40H39N5O4. The van der Waals surface area contributed by atoms with Gasteiger partial charge in [-0.15, -0.1) is 5.10 Å². The number of hydrogen-bond donors (Lipinski definition) is 3. The minimum atomic E-state index is -1.01. The molecule has 9 nitrogen and oxygen atoms in total.